The molecule has 6 heteroatoms. The molecule has 0 unspecified atom stereocenters. The number of amides is 1. The SMILES string of the molecule is COc1ccccc1CC(=O)N1CCS(=O)(=O)CC1. The lowest BCUT2D eigenvalue weighted by atomic mass is 10.1. The van der Waals surface area contributed by atoms with Crippen molar-refractivity contribution in [2.45, 2.75) is 6.42 Å². The highest BCUT2D eigenvalue weighted by atomic mass is 32.2. The molecule has 5 nitrogen and oxygen atoms in total. The molecule has 19 heavy (non-hydrogen) atoms. The van der Waals surface area contributed by atoms with E-state index in [9.17, 15) is 13.2 Å². The zero-order valence-corrected chi connectivity index (χ0v) is 11.6. The Hall–Kier alpha value is -1.56. The molecule has 1 aromatic rings. The Bertz CT molecular complexity index is 554. The predicted molar refractivity (Wildman–Crippen MR) is 71.9 cm³/mol. The molecule has 104 valence electrons. The van der Waals surface area contributed by atoms with Gasteiger partial charge in [-0.2, -0.15) is 0 Å². The van der Waals surface area contributed by atoms with Gasteiger partial charge in [-0.25, -0.2) is 8.42 Å². The van der Waals surface area contributed by atoms with Crippen LogP contribution in [-0.2, 0) is 21.1 Å². The number of carbonyl (C=O) groups is 1. The third-order valence-electron chi connectivity index (χ3n) is 3.23. The molecular weight excluding hydrogens is 266 g/mol. The number of hydrogen-bond acceptors (Lipinski definition) is 4. The molecule has 1 saturated heterocycles. The largest absolute Gasteiger partial charge is 0.496 e. The zero-order valence-electron chi connectivity index (χ0n) is 10.8. The Balaban J connectivity index is 2.02. The number of hydrogen-bond donors (Lipinski definition) is 0. The Morgan fingerprint density at radius 1 is 1.26 bits per heavy atom. The van der Waals surface area contributed by atoms with Crippen molar-refractivity contribution in [2.75, 3.05) is 31.7 Å². The first-order valence-corrected chi connectivity index (χ1v) is 7.94. The molecule has 1 aromatic carbocycles. The van der Waals surface area contributed by atoms with Gasteiger partial charge in [-0.1, -0.05) is 18.2 Å². The van der Waals surface area contributed by atoms with E-state index in [1.165, 1.54) is 0 Å². The summed E-state index contributed by atoms with van der Waals surface area (Å²) < 4.78 is 27.8. The number of benzene rings is 1. The smallest absolute Gasteiger partial charge is 0.227 e. The van der Waals surface area contributed by atoms with Gasteiger partial charge >= 0.3 is 0 Å². The summed E-state index contributed by atoms with van der Waals surface area (Å²) in [5, 5.41) is 0. The second-order valence-electron chi connectivity index (χ2n) is 4.52. The van der Waals surface area contributed by atoms with Crippen molar-refractivity contribution >= 4 is 15.7 Å². The fraction of sp³-hybridized carbons (Fsp3) is 0.462. The Labute approximate surface area is 113 Å². The summed E-state index contributed by atoms with van der Waals surface area (Å²) in [6.45, 7) is 0.576. The van der Waals surface area contributed by atoms with Gasteiger partial charge in [0.1, 0.15) is 5.75 Å². The normalized spacial score (nSPS) is 18.1. The lowest BCUT2D eigenvalue weighted by molar-refractivity contribution is -0.130. The van der Waals surface area contributed by atoms with E-state index in [1.807, 2.05) is 24.3 Å². The first-order valence-electron chi connectivity index (χ1n) is 6.12. The Morgan fingerprint density at radius 2 is 1.89 bits per heavy atom. The second-order valence-corrected chi connectivity index (χ2v) is 6.82. The van der Waals surface area contributed by atoms with E-state index < -0.39 is 9.84 Å². The van der Waals surface area contributed by atoms with Crippen molar-refractivity contribution in [3.05, 3.63) is 29.8 Å². The molecule has 0 aliphatic carbocycles. The van der Waals surface area contributed by atoms with Crippen LogP contribution in [0, 0.1) is 0 Å². The molecule has 0 atom stereocenters. The van der Waals surface area contributed by atoms with Crippen LogP contribution in [0.3, 0.4) is 0 Å². The summed E-state index contributed by atoms with van der Waals surface area (Å²) in [4.78, 5) is 13.7. The Morgan fingerprint density at radius 3 is 2.53 bits per heavy atom. The van der Waals surface area contributed by atoms with Crippen LogP contribution in [0.25, 0.3) is 0 Å². The van der Waals surface area contributed by atoms with Crippen LogP contribution < -0.4 is 4.74 Å². The molecule has 0 radical (unpaired) electrons. The van der Waals surface area contributed by atoms with Crippen LogP contribution in [0.1, 0.15) is 5.56 Å². The highest BCUT2D eigenvalue weighted by molar-refractivity contribution is 7.91. The predicted octanol–water partition coefficient (Wildman–Crippen LogP) is 0.495. The quantitative estimate of drug-likeness (QED) is 0.810. The second kappa shape index (κ2) is 5.61. The molecular formula is C13H17NO4S. The van der Waals surface area contributed by atoms with Crippen molar-refractivity contribution in [3.8, 4) is 5.75 Å². The maximum Gasteiger partial charge on any atom is 0.227 e. The summed E-state index contributed by atoms with van der Waals surface area (Å²) in [5.41, 5.74) is 0.823. The fourth-order valence-corrected chi connectivity index (χ4v) is 3.29. The van der Waals surface area contributed by atoms with Crippen LogP contribution >= 0.6 is 0 Å². The number of rotatable bonds is 3. The molecule has 1 fully saturated rings. The van der Waals surface area contributed by atoms with E-state index >= 15 is 0 Å². The monoisotopic (exact) mass is 283 g/mol. The standard InChI is InChI=1S/C13H17NO4S/c1-18-12-5-3-2-4-11(12)10-13(15)14-6-8-19(16,17)9-7-14/h2-5H,6-10H2,1H3. The van der Waals surface area contributed by atoms with Crippen LogP contribution in [0.15, 0.2) is 24.3 Å². The third-order valence-corrected chi connectivity index (χ3v) is 4.84. The summed E-state index contributed by atoms with van der Waals surface area (Å²) in [6, 6.07) is 7.35. The molecule has 2 rings (SSSR count). The van der Waals surface area contributed by atoms with Gasteiger partial charge in [0.15, 0.2) is 9.84 Å². The minimum atomic E-state index is -2.95. The van der Waals surface area contributed by atoms with Crippen LogP contribution in [0.4, 0.5) is 0 Å². The molecule has 0 saturated carbocycles. The lowest BCUT2D eigenvalue weighted by Gasteiger charge is -2.27. The van der Waals surface area contributed by atoms with Gasteiger partial charge in [-0.05, 0) is 6.07 Å². The molecule has 0 N–H and O–H groups in total. The van der Waals surface area contributed by atoms with Crippen molar-refractivity contribution in [1.82, 2.24) is 4.90 Å². The summed E-state index contributed by atoms with van der Waals surface area (Å²) in [7, 11) is -1.39. The molecule has 1 heterocycles. The molecule has 1 aliphatic rings. The molecule has 0 bridgehead atoms. The van der Waals surface area contributed by atoms with Gasteiger partial charge in [0.2, 0.25) is 5.91 Å². The van der Waals surface area contributed by atoms with E-state index in [0.717, 1.165) is 5.56 Å². The first-order chi connectivity index (χ1) is 9.02. The number of carbonyl (C=O) groups excluding carboxylic acids is 1. The summed E-state index contributed by atoms with van der Waals surface area (Å²) >= 11 is 0. The van der Waals surface area contributed by atoms with Crippen LogP contribution in [0.2, 0.25) is 0 Å². The highest BCUT2D eigenvalue weighted by Gasteiger charge is 2.25. The molecule has 1 amide bonds. The molecule has 0 spiro atoms. The van der Waals surface area contributed by atoms with E-state index in [0.29, 0.717) is 5.75 Å². The van der Waals surface area contributed by atoms with Gasteiger partial charge < -0.3 is 9.64 Å². The van der Waals surface area contributed by atoms with Gasteiger partial charge in [0.05, 0.1) is 25.0 Å². The lowest BCUT2D eigenvalue weighted by Crippen LogP contribution is -2.44. The first kappa shape index (κ1) is 13.9. The van der Waals surface area contributed by atoms with E-state index in [2.05, 4.69) is 0 Å². The number of methoxy groups -OCH3 is 1. The van der Waals surface area contributed by atoms with Crippen LogP contribution in [-0.4, -0.2) is 50.9 Å². The number of para-hydroxylation sites is 1. The van der Waals surface area contributed by atoms with E-state index in [4.69, 9.17) is 4.74 Å². The zero-order chi connectivity index (χ0) is 13.9. The molecule has 0 aromatic heterocycles. The minimum Gasteiger partial charge on any atom is -0.496 e. The number of nitrogens with zero attached hydrogens (tertiary/aromatic N) is 1. The maximum absolute atomic E-state index is 12.1. The highest BCUT2D eigenvalue weighted by Crippen LogP contribution is 2.19. The van der Waals surface area contributed by atoms with Gasteiger partial charge in [0, 0.05) is 18.7 Å². The average molecular weight is 283 g/mol. The van der Waals surface area contributed by atoms with E-state index in [1.54, 1.807) is 12.0 Å². The average Bonchev–Trinajstić information content (AvgIpc) is 2.39. The number of sulfone groups is 1. The van der Waals surface area contributed by atoms with Gasteiger partial charge in [0.25, 0.3) is 0 Å². The van der Waals surface area contributed by atoms with Gasteiger partial charge in [-0.15, -0.1) is 0 Å². The fourth-order valence-electron chi connectivity index (χ4n) is 2.09. The topological polar surface area (TPSA) is 63.7 Å². The van der Waals surface area contributed by atoms with Crippen molar-refractivity contribution in [1.29, 1.82) is 0 Å². The van der Waals surface area contributed by atoms with E-state index in [-0.39, 0.29) is 36.9 Å². The minimum absolute atomic E-state index is 0.0561. The van der Waals surface area contributed by atoms with Crippen molar-refractivity contribution < 1.29 is 17.9 Å². The third kappa shape index (κ3) is 3.47. The van der Waals surface area contributed by atoms with Crippen molar-refractivity contribution in [3.63, 3.8) is 0 Å². The molecule has 1 aliphatic heterocycles. The summed E-state index contributed by atoms with van der Waals surface area (Å²) in [6.07, 6.45) is 0.240. The van der Waals surface area contributed by atoms with Crippen LogP contribution in [0.5, 0.6) is 5.75 Å². The Kier molecular flexibility index (Phi) is 4.09. The maximum atomic E-state index is 12.1. The number of ether oxygens (including phenoxy) is 1. The van der Waals surface area contributed by atoms with Gasteiger partial charge in [-0.3, -0.25) is 4.79 Å². The van der Waals surface area contributed by atoms with Crippen molar-refractivity contribution in [2.24, 2.45) is 0 Å². The summed E-state index contributed by atoms with van der Waals surface area (Å²) in [5.74, 6) is 0.745.